The summed E-state index contributed by atoms with van der Waals surface area (Å²) in [6.07, 6.45) is 0. The summed E-state index contributed by atoms with van der Waals surface area (Å²) in [6.45, 7) is 0. The van der Waals surface area contributed by atoms with E-state index in [2.05, 4.69) is 0 Å². The van der Waals surface area contributed by atoms with E-state index in [1.807, 2.05) is 0 Å². The summed E-state index contributed by atoms with van der Waals surface area (Å²) in [6, 6.07) is 11.4. The number of rotatable bonds is 4. The molecule has 1 atom stereocenters. The van der Waals surface area contributed by atoms with Crippen molar-refractivity contribution in [3.63, 3.8) is 0 Å². The molecule has 29 heavy (non-hydrogen) atoms. The molecular formula is C19H12Cl4O5S. The first kappa shape index (κ1) is 22.0. The number of hydrogen-bond donors (Lipinski definition) is 3. The molecule has 0 aliphatic rings. The van der Waals surface area contributed by atoms with Crippen molar-refractivity contribution in [3.8, 4) is 11.5 Å². The minimum atomic E-state index is -5.14. The molecule has 0 aliphatic heterocycles. The maximum Gasteiger partial charge on any atom is 0.283 e. The first-order valence-corrected chi connectivity index (χ1v) is 10.8. The molecule has 152 valence electrons. The molecule has 5 nitrogen and oxygen atoms in total. The van der Waals surface area contributed by atoms with E-state index in [4.69, 9.17) is 46.4 Å². The highest BCUT2D eigenvalue weighted by Gasteiger charge is 2.53. The first-order valence-electron chi connectivity index (χ1n) is 7.89. The van der Waals surface area contributed by atoms with Crippen molar-refractivity contribution >= 4 is 56.5 Å². The zero-order valence-electron chi connectivity index (χ0n) is 14.3. The van der Waals surface area contributed by atoms with E-state index in [-0.39, 0.29) is 42.5 Å². The molecule has 0 radical (unpaired) electrons. The molecule has 0 aromatic heterocycles. The fraction of sp³-hybridized carbons (Fsp3) is 0.0526. The van der Waals surface area contributed by atoms with Crippen LogP contribution in [0.2, 0.25) is 20.1 Å². The van der Waals surface area contributed by atoms with Gasteiger partial charge in [-0.1, -0.05) is 70.7 Å². The van der Waals surface area contributed by atoms with Crippen LogP contribution in [0.1, 0.15) is 16.7 Å². The van der Waals surface area contributed by atoms with Crippen LogP contribution in [0.4, 0.5) is 0 Å². The van der Waals surface area contributed by atoms with Crippen LogP contribution in [0.15, 0.2) is 54.6 Å². The highest BCUT2D eigenvalue weighted by atomic mass is 35.5. The largest absolute Gasteiger partial charge is 0.508 e. The van der Waals surface area contributed by atoms with Crippen molar-refractivity contribution in [2.75, 3.05) is 0 Å². The molecule has 0 bridgehead atoms. The maximum atomic E-state index is 13.0. The molecule has 3 aromatic rings. The SMILES string of the molecule is O=S(=O)(O)C(c1ccccc1O)(c1ccc(O)cc1Cl)c1c(Cl)cc(Cl)cc1Cl. The first-order chi connectivity index (χ1) is 13.5. The predicted octanol–water partition coefficient (Wildman–Crippen LogP) is 5.89. The maximum absolute atomic E-state index is 13.0. The number of phenols is 2. The van der Waals surface area contributed by atoms with Gasteiger partial charge in [-0.3, -0.25) is 4.55 Å². The van der Waals surface area contributed by atoms with Crippen molar-refractivity contribution in [3.05, 3.63) is 91.4 Å². The number of hydrogen-bond acceptors (Lipinski definition) is 4. The second-order valence-corrected chi connectivity index (χ2v) is 9.30. The Bertz CT molecular complexity index is 1190. The molecule has 3 aromatic carbocycles. The summed E-state index contributed by atoms with van der Waals surface area (Å²) in [5.74, 6) is -0.704. The average Bonchev–Trinajstić information content (AvgIpc) is 2.58. The van der Waals surface area contributed by atoms with Gasteiger partial charge in [-0.25, -0.2) is 0 Å². The monoisotopic (exact) mass is 492 g/mol. The van der Waals surface area contributed by atoms with Gasteiger partial charge in [0.1, 0.15) is 11.5 Å². The van der Waals surface area contributed by atoms with Gasteiger partial charge < -0.3 is 10.2 Å². The average molecular weight is 494 g/mol. The van der Waals surface area contributed by atoms with Crippen LogP contribution < -0.4 is 0 Å². The minimum Gasteiger partial charge on any atom is -0.508 e. The van der Waals surface area contributed by atoms with Crippen LogP contribution in [0.3, 0.4) is 0 Å². The van der Waals surface area contributed by atoms with E-state index in [0.29, 0.717) is 0 Å². The predicted molar refractivity (Wildman–Crippen MR) is 114 cm³/mol. The smallest absolute Gasteiger partial charge is 0.283 e. The summed E-state index contributed by atoms with van der Waals surface area (Å²) < 4.78 is 34.0. The Morgan fingerprint density at radius 3 is 1.86 bits per heavy atom. The summed E-state index contributed by atoms with van der Waals surface area (Å²) in [7, 11) is -5.14. The number of aromatic hydroxyl groups is 2. The van der Waals surface area contributed by atoms with Crippen molar-refractivity contribution in [1.82, 2.24) is 0 Å². The van der Waals surface area contributed by atoms with Crippen molar-refractivity contribution in [2.24, 2.45) is 0 Å². The third kappa shape index (κ3) is 3.65. The van der Waals surface area contributed by atoms with E-state index >= 15 is 0 Å². The Morgan fingerprint density at radius 1 is 0.759 bits per heavy atom. The van der Waals surface area contributed by atoms with E-state index in [0.717, 1.165) is 6.07 Å². The molecule has 0 aliphatic carbocycles. The van der Waals surface area contributed by atoms with Crippen molar-refractivity contribution in [2.45, 2.75) is 4.75 Å². The molecule has 10 heteroatoms. The Balaban J connectivity index is 2.66. The lowest BCUT2D eigenvalue weighted by Crippen LogP contribution is -2.39. The van der Waals surface area contributed by atoms with Gasteiger partial charge >= 0.3 is 0 Å². The van der Waals surface area contributed by atoms with Crippen LogP contribution >= 0.6 is 46.4 Å². The highest BCUT2D eigenvalue weighted by molar-refractivity contribution is 7.87. The van der Waals surface area contributed by atoms with Gasteiger partial charge in [-0.2, -0.15) is 8.42 Å². The van der Waals surface area contributed by atoms with Gasteiger partial charge in [0.25, 0.3) is 10.1 Å². The van der Waals surface area contributed by atoms with Gasteiger partial charge in [0.15, 0.2) is 4.75 Å². The molecule has 0 saturated carbocycles. The Kier molecular flexibility index (Phi) is 5.98. The summed E-state index contributed by atoms with van der Waals surface area (Å²) in [4.78, 5) is 0. The van der Waals surface area contributed by atoms with E-state index in [9.17, 15) is 23.2 Å². The van der Waals surface area contributed by atoms with Crippen LogP contribution in [-0.4, -0.2) is 23.2 Å². The van der Waals surface area contributed by atoms with E-state index in [1.54, 1.807) is 0 Å². The number of para-hydroxylation sites is 1. The zero-order valence-corrected chi connectivity index (χ0v) is 18.1. The Hall–Kier alpha value is -1.67. The molecule has 0 amide bonds. The Morgan fingerprint density at radius 2 is 1.34 bits per heavy atom. The third-order valence-electron chi connectivity index (χ3n) is 4.36. The molecular weight excluding hydrogens is 482 g/mol. The molecule has 0 heterocycles. The lowest BCUT2D eigenvalue weighted by atomic mass is 9.83. The van der Waals surface area contributed by atoms with Crippen molar-refractivity contribution in [1.29, 1.82) is 0 Å². The summed E-state index contributed by atoms with van der Waals surface area (Å²) in [5, 5.41) is 19.8. The number of benzene rings is 3. The van der Waals surface area contributed by atoms with Crippen molar-refractivity contribution < 1.29 is 23.2 Å². The van der Waals surface area contributed by atoms with E-state index in [1.165, 1.54) is 48.5 Å². The molecule has 0 saturated heterocycles. The minimum absolute atomic E-state index is 0.127. The van der Waals surface area contributed by atoms with Crippen LogP contribution in [-0.2, 0) is 14.9 Å². The molecule has 0 spiro atoms. The fourth-order valence-corrected chi connectivity index (χ4v) is 6.23. The Labute approximate surface area is 186 Å². The second-order valence-electron chi connectivity index (χ2n) is 6.08. The topological polar surface area (TPSA) is 94.8 Å². The summed E-state index contributed by atoms with van der Waals surface area (Å²) >= 11 is 24.9. The van der Waals surface area contributed by atoms with Crippen LogP contribution in [0.25, 0.3) is 0 Å². The normalized spacial score (nSPS) is 13.8. The fourth-order valence-electron chi connectivity index (χ4n) is 3.26. The number of phenolic OH excluding ortho intramolecular Hbond substituents is 2. The van der Waals surface area contributed by atoms with E-state index < -0.39 is 20.6 Å². The van der Waals surface area contributed by atoms with Gasteiger partial charge in [-0.05, 0) is 30.3 Å². The quantitative estimate of drug-likeness (QED) is 0.311. The second kappa shape index (κ2) is 7.87. The zero-order chi connectivity index (χ0) is 21.6. The third-order valence-corrected chi connectivity index (χ3v) is 6.91. The van der Waals surface area contributed by atoms with Gasteiger partial charge in [-0.15, -0.1) is 0 Å². The van der Waals surface area contributed by atoms with Crippen LogP contribution in [0, 0.1) is 0 Å². The van der Waals surface area contributed by atoms with Gasteiger partial charge in [0.05, 0.1) is 0 Å². The molecule has 0 fully saturated rings. The molecule has 3 N–H and O–H groups in total. The van der Waals surface area contributed by atoms with Crippen LogP contribution in [0.5, 0.6) is 11.5 Å². The lowest BCUT2D eigenvalue weighted by Gasteiger charge is -2.34. The number of halogens is 4. The van der Waals surface area contributed by atoms with Gasteiger partial charge in [0.2, 0.25) is 0 Å². The van der Waals surface area contributed by atoms with Gasteiger partial charge in [0, 0.05) is 36.8 Å². The lowest BCUT2D eigenvalue weighted by molar-refractivity contribution is 0.440. The molecule has 3 rings (SSSR count). The molecule has 1 unspecified atom stereocenters. The summed E-state index contributed by atoms with van der Waals surface area (Å²) in [5.41, 5.74) is -0.699. The standard InChI is InChI=1S/C19H12Cl4O5S/c20-10-7-15(22)18(16(23)8-10)19(29(26,27)28,13-3-1-2-4-17(13)25)12-6-5-11(24)9-14(12)21/h1-9,24-25H,(H,26,27,28). The highest BCUT2D eigenvalue weighted by Crippen LogP contribution is 2.53.